The van der Waals surface area contributed by atoms with Gasteiger partial charge in [0.05, 0.1) is 26.3 Å². The van der Waals surface area contributed by atoms with Gasteiger partial charge in [-0.1, -0.05) is 0 Å². The molecule has 1 rings (SSSR count). The normalized spacial score (nSPS) is 10.5. The van der Waals surface area contributed by atoms with E-state index in [2.05, 4.69) is 15.9 Å². The molecule has 0 saturated carbocycles. The molecule has 0 unspecified atom stereocenters. The molecule has 0 aliphatic carbocycles. The highest BCUT2D eigenvalue weighted by Crippen LogP contribution is 2.37. The van der Waals surface area contributed by atoms with Crippen LogP contribution in [0, 0.1) is 0 Å². The van der Waals surface area contributed by atoms with Gasteiger partial charge >= 0.3 is 0 Å². The maximum atomic E-state index is 12.0. The summed E-state index contributed by atoms with van der Waals surface area (Å²) in [5, 5.41) is 0. The van der Waals surface area contributed by atoms with Crippen LogP contribution in [-0.2, 0) is 0 Å². The van der Waals surface area contributed by atoms with Crippen LogP contribution >= 0.6 is 15.9 Å². The summed E-state index contributed by atoms with van der Waals surface area (Å²) in [6, 6.07) is 3.46. The van der Waals surface area contributed by atoms with Gasteiger partial charge in [-0.15, -0.1) is 0 Å². The predicted octanol–water partition coefficient (Wildman–Crippen LogP) is 2.21. The van der Waals surface area contributed by atoms with Gasteiger partial charge in [-0.25, -0.2) is 0 Å². The molecular weight excluding hydrogens is 286 g/mol. The van der Waals surface area contributed by atoms with Crippen LogP contribution in [0.1, 0.15) is 10.4 Å². The zero-order valence-electron chi connectivity index (χ0n) is 10.4. The monoisotopic (exact) mass is 301 g/mol. The number of carbonyl (C=O) groups is 1. The van der Waals surface area contributed by atoms with Crippen molar-refractivity contribution >= 4 is 21.7 Å². The summed E-state index contributed by atoms with van der Waals surface area (Å²) >= 11 is 3.37. The van der Waals surface area contributed by atoms with E-state index in [4.69, 9.17) is 9.47 Å². The highest BCUT2D eigenvalue weighted by molar-refractivity contribution is 9.10. The maximum Gasteiger partial charge on any atom is 0.180 e. The zero-order valence-corrected chi connectivity index (χ0v) is 12.0. The molecule has 1 aromatic rings. The van der Waals surface area contributed by atoms with Gasteiger partial charge in [-0.2, -0.15) is 0 Å². The fourth-order valence-electron chi connectivity index (χ4n) is 1.49. The molecule has 0 saturated heterocycles. The second-order valence-electron chi connectivity index (χ2n) is 3.82. The molecule has 0 bridgehead atoms. The minimum Gasteiger partial charge on any atom is -0.495 e. The molecule has 4 nitrogen and oxygen atoms in total. The minimum absolute atomic E-state index is 0.00945. The number of likely N-dealkylation sites (N-methyl/N-ethyl adjacent to an activating group) is 1. The van der Waals surface area contributed by atoms with E-state index in [1.165, 1.54) is 7.11 Å². The van der Waals surface area contributed by atoms with Crippen molar-refractivity contribution in [2.24, 2.45) is 0 Å². The topological polar surface area (TPSA) is 38.8 Å². The Kier molecular flexibility index (Phi) is 4.96. The molecule has 0 aliphatic heterocycles. The lowest BCUT2D eigenvalue weighted by Gasteiger charge is -2.14. The Bertz CT molecular complexity index is 418. The van der Waals surface area contributed by atoms with Crippen molar-refractivity contribution in [3.05, 3.63) is 22.2 Å². The Morgan fingerprint density at radius 2 is 1.94 bits per heavy atom. The summed E-state index contributed by atoms with van der Waals surface area (Å²) in [5.41, 5.74) is 0.550. The second-order valence-corrected chi connectivity index (χ2v) is 4.62. The average Bonchev–Trinajstić information content (AvgIpc) is 2.27. The van der Waals surface area contributed by atoms with Gasteiger partial charge in [0.1, 0.15) is 16.0 Å². The average molecular weight is 302 g/mol. The highest BCUT2D eigenvalue weighted by atomic mass is 79.9. The van der Waals surface area contributed by atoms with Gasteiger partial charge < -0.3 is 14.4 Å². The molecule has 94 valence electrons. The summed E-state index contributed by atoms with van der Waals surface area (Å²) in [4.78, 5) is 13.8. The molecule has 0 spiro atoms. The van der Waals surface area contributed by atoms with Crippen LogP contribution in [0.5, 0.6) is 11.5 Å². The van der Waals surface area contributed by atoms with Crippen LogP contribution in [0.15, 0.2) is 16.6 Å². The predicted molar refractivity (Wildman–Crippen MR) is 70.1 cm³/mol. The smallest absolute Gasteiger partial charge is 0.180 e. The largest absolute Gasteiger partial charge is 0.495 e. The van der Waals surface area contributed by atoms with E-state index in [-0.39, 0.29) is 5.78 Å². The number of nitrogens with zero attached hydrogens (tertiary/aromatic N) is 1. The van der Waals surface area contributed by atoms with Crippen LogP contribution in [0.25, 0.3) is 0 Å². The van der Waals surface area contributed by atoms with Crippen LogP contribution in [0.4, 0.5) is 0 Å². The van der Waals surface area contributed by atoms with Crippen molar-refractivity contribution in [3.63, 3.8) is 0 Å². The molecule has 0 amide bonds. The number of ether oxygens (including phenoxy) is 2. The van der Waals surface area contributed by atoms with Gasteiger partial charge in [0.2, 0.25) is 0 Å². The second kappa shape index (κ2) is 6.02. The molecule has 0 radical (unpaired) electrons. The van der Waals surface area contributed by atoms with Crippen molar-refractivity contribution in [1.82, 2.24) is 4.90 Å². The lowest BCUT2D eigenvalue weighted by atomic mass is 10.1. The third-order valence-electron chi connectivity index (χ3n) is 2.25. The highest BCUT2D eigenvalue weighted by Gasteiger charge is 2.18. The zero-order chi connectivity index (χ0) is 13.0. The van der Waals surface area contributed by atoms with Crippen LogP contribution in [-0.4, -0.2) is 45.5 Å². The lowest BCUT2D eigenvalue weighted by Crippen LogP contribution is -2.22. The quantitative estimate of drug-likeness (QED) is 0.782. The van der Waals surface area contributed by atoms with Crippen molar-refractivity contribution in [3.8, 4) is 11.5 Å². The van der Waals surface area contributed by atoms with Gasteiger partial charge in [-0.05, 0) is 42.2 Å². The lowest BCUT2D eigenvalue weighted by molar-refractivity contribution is 0.0954. The summed E-state index contributed by atoms with van der Waals surface area (Å²) in [5.74, 6) is 1.16. The number of hydrogen-bond acceptors (Lipinski definition) is 4. The Balaban J connectivity index is 3.16. The number of Topliss-reactive ketones (excluding diaryl/α,β-unsaturated/α-hetero) is 1. The van der Waals surface area contributed by atoms with E-state index in [9.17, 15) is 4.79 Å². The molecule has 0 N–H and O–H groups in total. The van der Waals surface area contributed by atoms with Gasteiger partial charge in [0.15, 0.2) is 5.78 Å². The van der Waals surface area contributed by atoms with Crippen LogP contribution in [0.3, 0.4) is 0 Å². The maximum absolute atomic E-state index is 12.0. The Morgan fingerprint density at radius 3 is 2.41 bits per heavy atom. The first-order valence-electron chi connectivity index (χ1n) is 5.09. The molecular formula is C12H16BrNO3. The number of carbonyl (C=O) groups excluding carboxylic acids is 1. The summed E-state index contributed by atoms with van der Waals surface area (Å²) in [7, 11) is 6.80. The van der Waals surface area contributed by atoms with Crippen molar-refractivity contribution < 1.29 is 14.3 Å². The van der Waals surface area contributed by atoms with Crippen molar-refractivity contribution in [1.29, 1.82) is 0 Å². The molecule has 0 aromatic heterocycles. The van der Waals surface area contributed by atoms with Gasteiger partial charge in [0.25, 0.3) is 0 Å². The van der Waals surface area contributed by atoms with Crippen molar-refractivity contribution in [2.45, 2.75) is 0 Å². The minimum atomic E-state index is 0.00945. The molecule has 17 heavy (non-hydrogen) atoms. The Labute approximate surface area is 110 Å². The summed E-state index contributed by atoms with van der Waals surface area (Å²) < 4.78 is 11.1. The first-order valence-corrected chi connectivity index (χ1v) is 5.89. The first kappa shape index (κ1) is 14.0. The summed E-state index contributed by atoms with van der Waals surface area (Å²) in [6.45, 7) is 0.342. The third kappa shape index (κ3) is 3.20. The Morgan fingerprint density at radius 1 is 1.29 bits per heavy atom. The molecule has 0 fully saturated rings. The molecule has 1 aromatic carbocycles. The molecule has 0 heterocycles. The molecule has 0 aliphatic rings. The standard InChI is InChI=1S/C12H16BrNO3/c1-14(2)7-9(15)8-5-6-10(16-3)11(13)12(8)17-4/h5-6H,7H2,1-4H3. The molecule has 5 heteroatoms. The Hall–Kier alpha value is -1.07. The van der Waals surface area contributed by atoms with Crippen LogP contribution in [0.2, 0.25) is 0 Å². The van der Waals surface area contributed by atoms with E-state index in [0.717, 1.165) is 0 Å². The number of methoxy groups -OCH3 is 2. The van der Waals surface area contributed by atoms with E-state index in [1.807, 2.05) is 19.0 Å². The van der Waals surface area contributed by atoms with Gasteiger partial charge in [-0.3, -0.25) is 4.79 Å². The van der Waals surface area contributed by atoms with Crippen molar-refractivity contribution in [2.75, 3.05) is 34.9 Å². The number of benzene rings is 1. The van der Waals surface area contributed by atoms with E-state index in [0.29, 0.717) is 28.1 Å². The number of hydrogen-bond donors (Lipinski definition) is 0. The fraction of sp³-hybridized carbons (Fsp3) is 0.417. The third-order valence-corrected chi connectivity index (χ3v) is 3.00. The van der Waals surface area contributed by atoms with Crippen LogP contribution < -0.4 is 9.47 Å². The van der Waals surface area contributed by atoms with E-state index < -0.39 is 0 Å². The number of halogens is 1. The molecule has 0 atom stereocenters. The van der Waals surface area contributed by atoms with Gasteiger partial charge in [0, 0.05) is 0 Å². The van der Waals surface area contributed by atoms with E-state index in [1.54, 1.807) is 19.2 Å². The SMILES string of the molecule is COc1ccc(C(=O)CN(C)C)c(OC)c1Br. The van der Waals surface area contributed by atoms with E-state index >= 15 is 0 Å². The fourth-order valence-corrected chi connectivity index (χ4v) is 2.16. The first-order chi connectivity index (χ1) is 8.01. The summed E-state index contributed by atoms with van der Waals surface area (Å²) in [6.07, 6.45) is 0. The number of ketones is 1. The number of rotatable bonds is 5.